The monoisotopic (exact) mass is 201 g/mol. The lowest BCUT2D eigenvalue weighted by Gasteiger charge is -2.15. The van der Waals surface area contributed by atoms with E-state index in [0.29, 0.717) is 11.7 Å². The van der Waals surface area contributed by atoms with Crippen LogP contribution >= 0.6 is 0 Å². The lowest BCUT2D eigenvalue weighted by atomic mass is 10.1. The van der Waals surface area contributed by atoms with Gasteiger partial charge >= 0.3 is 0 Å². The highest BCUT2D eigenvalue weighted by molar-refractivity contribution is 5.53. The number of nitrogens with one attached hydrogen (secondary N) is 1. The highest BCUT2D eigenvalue weighted by Crippen LogP contribution is 2.34. The molecule has 78 valence electrons. The zero-order valence-electron chi connectivity index (χ0n) is 8.90. The van der Waals surface area contributed by atoms with E-state index in [1.54, 1.807) is 6.20 Å². The van der Waals surface area contributed by atoms with Gasteiger partial charge in [-0.2, -0.15) is 5.26 Å². The maximum absolute atomic E-state index is 8.87. The van der Waals surface area contributed by atoms with Crippen molar-refractivity contribution < 1.29 is 0 Å². The van der Waals surface area contributed by atoms with Crippen molar-refractivity contribution in [3.63, 3.8) is 0 Å². The minimum atomic E-state index is 0.425. The summed E-state index contributed by atoms with van der Waals surface area (Å²) in [5.74, 6) is 0.898. The fourth-order valence-electron chi connectivity index (χ4n) is 1.79. The van der Waals surface area contributed by atoms with Crippen LogP contribution in [0.1, 0.15) is 31.9 Å². The number of aromatic nitrogens is 1. The third-order valence-electron chi connectivity index (χ3n) is 2.70. The molecule has 15 heavy (non-hydrogen) atoms. The second-order valence-corrected chi connectivity index (χ2v) is 4.24. The quantitative estimate of drug-likeness (QED) is 0.814. The summed E-state index contributed by atoms with van der Waals surface area (Å²) in [6, 6.07) is 6.29. The van der Waals surface area contributed by atoms with Crippen LogP contribution in [-0.4, -0.2) is 11.0 Å². The van der Waals surface area contributed by atoms with Crippen LogP contribution < -0.4 is 5.32 Å². The molecule has 0 spiro atoms. The lowest BCUT2D eigenvalue weighted by Crippen LogP contribution is -2.16. The predicted octanol–water partition coefficient (Wildman–Crippen LogP) is 2.55. The number of pyridine rings is 1. The number of nitrogens with zero attached hydrogens (tertiary/aromatic N) is 2. The maximum Gasteiger partial charge on any atom is 0.163 e. The smallest absolute Gasteiger partial charge is 0.163 e. The Kier molecular flexibility index (Phi) is 2.86. The van der Waals surface area contributed by atoms with Crippen LogP contribution in [0.25, 0.3) is 0 Å². The Balaban J connectivity index is 1.99. The average molecular weight is 201 g/mol. The Morgan fingerprint density at radius 1 is 1.67 bits per heavy atom. The van der Waals surface area contributed by atoms with Crippen LogP contribution in [0.4, 0.5) is 5.69 Å². The third-order valence-corrected chi connectivity index (χ3v) is 2.70. The standard InChI is InChI=1S/C12H15N3/c1-9(7-10-4-5-10)15-11-3-2-6-14-12(11)8-13/h2-3,6,9-10,15H,4-5,7H2,1H3. The van der Waals surface area contributed by atoms with Gasteiger partial charge in [0.2, 0.25) is 0 Å². The van der Waals surface area contributed by atoms with Crippen LogP contribution in [0.5, 0.6) is 0 Å². The maximum atomic E-state index is 8.87. The van der Waals surface area contributed by atoms with E-state index in [0.717, 1.165) is 11.6 Å². The largest absolute Gasteiger partial charge is 0.380 e. The summed E-state index contributed by atoms with van der Waals surface area (Å²) >= 11 is 0. The summed E-state index contributed by atoms with van der Waals surface area (Å²) in [5.41, 5.74) is 1.34. The molecule has 1 aromatic rings. The van der Waals surface area contributed by atoms with Crippen molar-refractivity contribution in [3.05, 3.63) is 24.0 Å². The first kappa shape index (κ1) is 9.97. The molecule has 1 atom stereocenters. The summed E-state index contributed by atoms with van der Waals surface area (Å²) in [6.07, 6.45) is 5.57. The molecular formula is C12H15N3. The fourth-order valence-corrected chi connectivity index (χ4v) is 1.79. The van der Waals surface area contributed by atoms with Gasteiger partial charge in [0.1, 0.15) is 6.07 Å². The lowest BCUT2D eigenvalue weighted by molar-refractivity contribution is 0.642. The number of anilines is 1. The van der Waals surface area contributed by atoms with Crippen molar-refractivity contribution >= 4 is 5.69 Å². The molecule has 1 fully saturated rings. The zero-order chi connectivity index (χ0) is 10.7. The molecule has 0 radical (unpaired) electrons. The van der Waals surface area contributed by atoms with Gasteiger partial charge in [-0.25, -0.2) is 4.98 Å². The van der Waals surface area contributed by atoms with Gasteiger partial charge in [-0.15, -0.1) is 0 Å². The van der Waals surface area contributed by atoms with Gasteiger partial charge in [0.25, 0.3) is 0 Å². The van der Waals surface area contributed by atoms with Crippen molar-refractivity contribution in [2.45, 2.75) is 32.2 Å². The van der Waals surface area contributed by atoms with Crippen LogP contribution in [0, 0.1) is 17.2 Å². The zero-order valence-corrected chi connectivity index (χ0v) is 8.90. The molecule has 3 nitrogen and oxygen atoms in total. The third kappa shape index (κ3) is 2.69. The van der Waals surface area contributed by atoms with Crippen molar-refractivity contribution in [1.82, 2.24) is 4.98 Å². The Labute approximate surface area is 90.1 Å². The van der Waals surface area contributed by atoms with Gasteiger partial charge in [-0.05, 0) is 31.4 Å². The molecule has 1 unspecified atom stereocenters. The number of hydrogen-bond donors (Lipinski definition) is 1. The summed E-state index contributed by atoms with van der Waals surface area (Å²) in [5, 5.41) is 12.2. The second-order valence-electron chi connectivity index (χ2n) is 4.24. The SMILES string of the molecule is CC(CC1CC1)Nc1cccnc1C#N. The molecule has 0 bridgehead atoms. The summed E-state index contributed by atoms with van der Waals surface area (Å²) in [6.45, 7) is 2.16. The first-order valence-electron chi connectivity index (χ1n) is 5.41. The van der Waals surface area contributed by atoms with Crippen LogP contribution in [0.15, 0.2) is 18.3 Å². The van der Waals surface area contributed by atoms with E-state index in [1.807, 2.05) is 12.1 Å². The van der Waals surface area contributed by atoms with E-state index in [-0.39, 0.29) is 0 Å². The van der Waals surface area contributed by atoms with E-state index in [2.05, 4.69) is 23.3 Å². The molecule has 2 rings (SSSR count). The van der Waals surface area contributed by atoms with E-state index in [4.69, 9.17) is 5.26 Å². The van der Waals surface area contributed by atoms with Gasteiger partial charge in [-0.3, -0.25) is 0 Å². The Morgan fingerprint density at radius 3 is 3.13 bits per heavy atom. The molecule has 1 saturated carbocycles. The van der Waals surface area contributed by atoms with E-state index < -0.39 is 0 Å². The van der Waals surface area contributed by atoms with Crippen molar-refractivity contribution in [2.24, 2.45) is 5.92 Å². The van der Waals surface area contributed by atoms with E-state index >= 15 is 0 Å². The van der Waals surface area contributed by atoms with Gasteiger partial charge in [0.05, 0.1) is 5.69 Å². The Hall–Kier alpha value is -1.56. The van der Waals surface area contributed by atoms with E-state index in [9.17, 15) is 0 Å². The molecule has 1 N–H and O–H groups in total. The molecular weight excluding hydrogens is 186 g/mol. The minimum Gasteiger partial charge on any atom is -0.380 e. The van der Waals surface area contributed by atoms with Crippen LogP contribution in [-0.2, 0) is 0 Å². The second kappa shape index (κ2) is 4.31. The number of hydrogen-bond acceptors (Lipinski definition) is 3. The normalized spacial score (nSPS) is 16.8. The molecule has 0 aromatic carbocycles. The molecule has 1 aromatic heterocycles. The molecule has 3 heteroatoms. The van der Waals surface area contributed by atoms with Crippen molar-refractivity contribution in [2.75, 3.05) is 5.32 Å². The summed E-state index contributed by atoms with van der Waals surface area (Å²) in [4.78, 5) is 4.02. The Bertz CT molecular complexity index is 377. The molecule has 1 aliphatic rings. The van der Waals surface area contributed by atoms with Crippen molar-refractivity contribution in [3.8, 4) is 6.07 Å². The first-order valence-corrected chi connectivity index (χ1v) is 5.41. The highest BCUT2D eigenvalue weighted by Gasteiger charge is 2.23. The predicted molar refractivity (Wildman–Crippen MR) is 59.4 cm³/mol. The van der Waals surface area contributed by atoms with Gasteiger partial charge in [-0.1, -0.05) is 12.8 Å². The highest BCUT2D eigenvalue weighted by atomic mass is 14.9. The van der Waals surface area contributed by atoms with Gasteiger partial charge in [0.15, 0.2) is 5.69 Å². The topological polar surface area (TPSA) is 48.7 Å². The van der Waals surface area contributed by atoms with Gasteiger partial charge in [0, 0.05) is 12.2 Å². The average Bonchev–Trinajstić information content (AvgIpc) is 3.02. The van der Waals surface area contributed by atoms with Crippen LogP contribution in [0.2, 0.25) is 0 Å². The Morgan fingerprint density at radius 2 is 2.47 bits per heavy atom. The van der Waals surface area contributed by atoms with E-state index in [1.165, 1.54) is 19.3 Å². The molecule has 0 amide bonds. The van der Waals surface area contributed by atoms with Crippen molar-refractivity contribution in [1.29, 1.82) is 5.26 Å². The summed E-state index contributed by atoms with van der Waals surface area (Å²) < 4.78 is 0. The first-order chi connectivity index (χ1) is 7.29. The minimum absolute atomic E-state index is 0.425. The fraction of sp³-hybridized carbons (Fsp3) is 0.500. The van der Waals surface area contributed by atoms with Gasteiger partial charge < -0.3 is 5.32 Å². The number of nitriles is 1. The molecule has 1 heterocycles. The number of rotatable bonds is 4. The molecule has 0 aliphatic heterocycles. The summed E-state index contributed by atoms with van der Waals surface area (Å²) in [7, 11) is 0. The molecule has 0 saturated heterocycles. The molecule has 1 aliphatic carbocycles. The van der Waals surface area contributed by atoms with Crippen LogP contribution in [0.3, 0.4) is 0 Å².